The minimum atomic E-state index is -4.71. The lowest BCUT2D eigenvalue weighted by Gasteiger charge is -2.08. The predicted molar refractivity (Wildman–Crippen MR) is 63.6 cm³/mol. The van der Waals surface area contributed by atoms with E-state index in [2.05, 4.69) is 0 Å². The van der Waals surface area contributed by atoms with E-state index in [0.717, 1.165) is 23.9 Å². The summed E-state index contributed by atoms with van der Waals surface area (Å²) in [4.78, 5) is 10.6. The third kappa shape index (κ3) is 4.52. The highest BCUT2D eigenvalue weighted by atomic mass is 32.2. The van der Waals surface area contributed by atoms with Crippen molar-refractivity contribution in [2.45, 2.75) is 13.1 Å². The molecule has 0 heterocycles. The van der Waals surface area contributed by atoms with E-state index in [1.165, 1.54) is 19.1 Å². The number of halogens is 4. The summed E-state index contributed by atoms with van der Waals surface area (Å²) >= 11 is 1.04. The number of carbonyl (C=O) groups is 1. The van der Waals surface area contributed by atoms with Crippen molar-refractivity contribution in [1.82, 2.24) is 0 Å². The van der Waals surface area contributed by atoms with Gasteiger partial charge in [-0.15, -0.1) is 0 Å². The topological polar surface area (TPSA) is 17.1 Å². The Labute approximate surface area is 106 Å². The first-order valence-electron chi connectivity index (χ1n) is 4.97. The standard InChI is InChI=1S/C12H10F4OS/c1-8(17)18-6-2-3-9-4-5-11(13)10(7-9)12(14,15)16/h2-5,7H,6H2,1H3. The molecule has 0 unspecified atom stereocenters. The van der Waals surface area contributed by atoms with Crippen molar-refractivity contribution in [2.24, 2.45) is 0 Å². The fourth-order valence-electron chi connectivity index (χ4n) is 1.21. The molecule has 0 fully saturated rings. The highest BCUT2D eigenvalue weighted by Crippen LogP contribution is 2.32. The van der Waals surface area contributed by atoms with Gasteiger partial charge in [0.25, 0.3) is 0 Å². The first-order chi connectivity index (χ1) is 8.30. The van der Waals surface area contributed by atoms with Crippen LogP contribution in [0.25, 0.3) is 6.08 Å². The molecule has 0 aliphatic rings. The summed E-state index contributed by atoms with van der Waals surface area (Å²) in [5.41, 5.74) is -1.04. The second-order valence-corrected chi connectivity index (χ2v) is 4.64. The lowest BCUT2D eigenvalue weighted by molar-refractivity contribution is -0.140. The van der Waals surface area contributed by atoms with Gasteiger partial charge in [0, 0.05) is 12.7 Å². The van der Waals surface area contributed by atoms with Gasteiger partial charge in [0.05, 0.1) is 5.56 Å². The van der Waals surface area contributed by atoms with Gasteiger partial charge in [-0.05, 0) is 17.7 Å². The third-order valence-electron chi connectivity index (χ3n) is 1.99. The number of rotatable bonds is 3. The monoisotopic (exact) mass is 278 g/mol. The SMILES string of the molecule is CC(=O)SCC=Cc1ccc(F)c(C(F)(F)F)c1. The van der Waals surface area contributed by atoms with Crippen LogP contribution < -0.4 is 0 Å². The lowest BCUT2D eigenvalue weighted by atomic mass is 10.1. The molecule has 1 aromatic carbocycles. The zero-order valence-corrected chi connectivity index (χ0v) is 10.2. The predicted octanol–water partition coefficient (Wildman–Crippen LogP) is 4.14. The van der Waals surface area contributed by atoms with E-state index in [0.29, 0.717) is 5.75 Å². The highest BCUT2D eigenvalue weighted by molar-refractivity contribution is 8.13. The van der Waals surface area contributed by atoms with Gasteiger partial charge in [-0.3, -0.25) is 4.79 Å². The van der Waals surface area contributed by atoms with Crippen molar-refractivity contribution in [1.29, 1.82) is 0 Å². The van der Waals surface area contributed by atoms with Crippen molar-refractivity contribution < 1.29 is 22.4 Å². The van der Waals surface area contributed by atoms with Crippen LogP contribution in [-0.4, -0.2) is 10.9 Å². The molecule has 0 radical (unpaired) electrons. The Morgan fingerprint density at radius 3 is 2.61 bits per heavy atom. The zero-order valence-electron chi connectivity index (χ0n) is 9.42. The minimum absolute atomic E-state index is 0.0743. The molecule has 1 rings (SSSR count). The normalized spacial score (nSPS) is 12.1. The first-order valence-corrected chi connectivity index (χ1v) is 5.96. The maximum absolute atomic E-state index is 13.0. The van der Waals surface area contributed by atoms with Crippen LogP contribution in [0, 0.1) is 5.82 Å². The zero-order chi connectivity index (χ0) is 13.8. The molecule has 0 saturated carbocycles. The number of hydrogen-bond donors (Lipinski definition) is 0. The second kappa shape index (κ2) is 6.04. The average Bonchev–Trinajstić information content (AvgIpc) is 2.24. The molecular weight excluding hydrogens is 268 g/mol. The van der Waals surface area contributed by atoms with E-state index in [-0.39, 0.29) is 10.7 Å². The van der Waals surface area contributed by atoms with Gasteiger partial charge >= 0.3 is 6.18 Å². The number of carbonyl (C=O) groups excluding carboxylic acids is 1. The van der Waals surface area contributed by atoms with Gasteiger partial charge in [-0.25, -0.2) is 4.39 Å². The van der Waals surface area contributed by atoms with E-state index in [1.54, 1.807) is 6.08 Å². The maximum Gasteiger partial charge on any atom is 0.419 e. The van der Waals surface area contributed by atoms with E-state index >= 15 is 0 Å². The summed E-state index contributed by atoms with van der Waals surface area (Å²) in [5.74, 6) is -0.925. The van der Waals surface area contributed by atoms with E-state index in [9.17, 15) is 22.4 Å². The van der Waals surface area contributed by atoms with Crippen molar-refractivity contribution in [3.05, 3.63) is 41.2 Å². The van der Waals surface area contributed by atoms with Crippen LogP contribution in [0.15, 0.2) is 24.3 Å². The molecule has 1 aromatic rings. The summed E-state index contributed by atoms with van der Waals surface area (Å²) in [6.07, 6.45) is -1.73. The third-order valence-corrected chi connectivity index (χ3v) is 2.75. The van der Waals surface area contributed by atoms with Crippen LogP contribution >= 0.6 is 11.8 Å². The summed E-state index contributed by atoms with van der Waals surface area (Å²) < 4.78 is 50.2. The van der Waals surface area contributed by atoms with Crippen LogP contribution in [0.3, 0.4) is 0 Å². The number of hydrogen-bond acceptors (Lipinski definition) is 2. The Morgan fingerprint density at radius 1 is 1.39 bits per heavy atom. The van der Waals surface area contributed by atoms with Gasteiger partial charge in [-0.2, -0.15) is 13.2 Å². The Hall–Kier alpha value is -1.30. The molecule has 0 aliphatic heterocycles. The molecule has 0 N–H and O–H groups in total. The molecule has 0 atom stereocenters. The molecule has 0 bridgehead atoms. The highest BCUT2D eigenvalue weighted by Gasteiger charge is 2.33. The molecule has 0 saturated heterocycles. The summed E-state index contributed by atoms with van der Waals surface area (Å²) in [6, 6.07) is 2.77. The molecule has 6 heteroatoms. The first kappa shape index (κ1) is 14.8. The van der Waals surface area contributed by atoms with Crippen molar-refractivity contribution in [2.75, 3.05) is 5.75 Å². The number of thioether (sulfide) groups is 1. The molecular formula is C12H10F4OS. The van der Waals surface area contributed by atoms with Crippen molar-refractivity contribution >= 4 is 23.0 Å². The maximum atomic E-state index is 13.0. The fraction of sp³-hybridized carbons (Fsp3) is 0.250. The number of benzene rings is 1. The Bertz CT molecular complexity index is 466. The summed E-state index contributed by atoms with van der Waals surface area (Å²) in [7, 11) is 0. The molecule has 0 aliphatic carbocycles. The molecule has 0 spiro atoms. The van der Waals surface area contributed by atoms with E-state index in [1.807, 2.05) is 0 Å². The van der Waals surface area contributed by atoms with E-state index < -0.39 is 17.6 Å². The lowest BCUT2D eigenvalue weighted by Crippen LogP contribution is -2.08. The summed E-state index contributed by atoms with van der Waals surface area (Å²) in [5, 5.41) is -0.0743. The molecule has 98 valence electrons. The van der Waals surface area contributed by atoms with Crippen LogP contribution in [0.5, 0.6) is 0 Å². The van der Waals surface area contributed by atoms with E-state index in [4.69, 9.17) is 0 Å². The van der Waals surface area contributed by atoms with Crippen LogP contribution in [0.1, 0.15) is 18.1 Å². The Morgan fingerprint density at radius 2 is 2.06 bits per heavy atom. The molecule has 1 nitrogen and oxygen atoms in total. The summed E-state index contributed by atoms with van der Waals surface area (Å²) in [6.45, 7) is 1.40. The van der Waals surface area contributed by atoms with Crippen LogP contribution in [0.2, 0.25) is 0 Å². The quantitative estimate of drug-likeness (QED) is 0.773. The number of alkyl halides is 3. The smallest absolute Gasteiger partial charge is 0.288 e. The second-order valence-electron chi connectivity index (χ2n) is 3.44. The average molecular weight is 278 g/mol. The van der Waals surface area contributed by atoms with Gasteiger partial charge in [0.1, 0.15) is 5.82 Å². The van der Waals surface area contributed by atoms with Gasteiger partial charge in [0.2, 0.25) is 0 Å². The minimum Gasteiger partial charge on any atom is -0.288 e. The molecule has 0 aromatic heterocycles. The largest absolute Gasteiger partial charge is 0.419 e. The fourth-order valence-corrected chi connectivity index (χ4v) is 1.64. The van der Waals surface area contributed by atoms with Gasteiger partial charge in [0.15, 0.2) is 5.12 Å². The Balaban J connectivity index is 2.83. The van der Waals surface area contributed by atoms with Gasteiger partial charge < -0.3 is 0 Å². The van der Waals surface area contributed by atoms with Gasteiger partial charge in [-0.1, -0.05) is 30.0 Å². The van der Waals surface area contributed by atoms with Crippen molar-refractivity contribution in [3.8, 4) is 0 Å². The molecule has 0 amide bonds. The van der Waals surface area contributed by atoms with Crippen LogP contribution in [0.4, 0.5) is 17.6 Å². The van der Waals surface area contributed by atoms with Crippen molar-refractivity contribution in [3.63, 3.8) is 0 Å². The Kier molecular flexibility index (Phi) is 4.95. The molecule has 18 heavy (non-hydrogen) atoms. The van der Waals surface area contributed by atoms with Crippen LogP contribution in [-0.2, 0) is 11.0 Å².